The van der Waals surface area contributed by atoms with Crippen LogP contribution in [0.3, 0.4) is 0 Å². The van der Waals surface area contributed by atoms with E-state index in [0.717, 1.165) is 38.6 Å². The number of allylic oxidation sites excluding steroid dienone is 2. The van der Waals surface area contributed by atoms with Crippen molar-refractivity contribution in [1.29, 1.82) is 0 Å². The van der Waals surface area contributed by atoms with E-state index in [9.17, 15) is 9.90 Å². The highest BCUT2D eigenvalue weighted by molar-refractivity contribution is 7.11. The number of aryl methyl sites for hydroxylation is 2. The van der Waals surface area contributed by atoms with Gasteiger partial charge in [-0.1, -0.05) is 12.2 Å². The normalized spacial score (nSPS) is 22.6. The molecule has 3 rings (SSSR count). The van der Waals surface area contributed by atoms with Crippen molar-refractivity contribution in [2.75, 3.05) is 13.1 Å². The van der Waals surface area contributed by atoms with E-state index < -0.39 is 5.97 Å². The molecule has 2 aromatic heterocycles. The number of carboxylic acid groups (broad SMARTS) is 1. The van der Waals surface area contributed by atoms with E-state index in [1.54, 1.807) is 22.7 Å². The standard InChI is InChI=1S/C24H31NO2S2/c1-18-9-15-28-21(18)7-3-5-11-24(13-14-25-17-20(24)23(26)27)12-6-4-8-22-19(2)10-16-29-22/h3-4,7-10,15-16,20,25H,5-6,11-14,17H2,1-2H3,(H,26,27). The molecule has 2 N–H and O–H groups in total. The van der Waals surface area contributed by atoms with Crippen LogP contribution in [0.2, 0.25) is 0 Å². The Morgan fingerprint density at radius 1 is 1.10 bits per heavy atom. The van der Waals surface area contributed by atoms with Crippen LogP contribution in [0.15, 0.2) is 35.0 Å². The van der Waals surface area contributed by atoms with E-state index in [-0.39, 0.29) is 11.3 Å². The van der Waals surface area contributed by atoms with Gasteiger partial charge in [-0.15, -0.1) is 22.7 Å². The van der Waals surface area contributed by atoms with Gasteiger partial charge in [0.2, 0.25) is 0 Å². The van der Waals surface area contributed by atoms with Crippen LogP contribution in [0, 0.1) is 25.2 Å². The zero-order valence-electron chi connectivity index (χ0n) is 17.3. The summed E-state index contributed by atoms with van der Waals surface area (Å²) >= 11 is 3.52. The summed E-state index contributed by atoms with van der Waals surface area (Å²) in [6.45, 7) is 5.75. The molecular formula is C24H31NO2S2. The Bertz CT molecular complexity index is 808. The predicted octanol–water partition coefficient (Wildman–Crippen LogP) is 6.39. The molecule has 0 spiro atoms. The predicted molar refractivity (Wildman–Crippen MR) is 126 cm³/mol. The van der Waals surface area contributed by atoms with E-state index in [2.05, 4.69) is 66.4 Å². The highest BCUT2D eigenvalue weighted by Crippen LogP contribution is 2.43. The van der Waals surface area contributed by atoms with Gasteiger partial charge >= 0.3 is 5.97 Å². The molecule has 0 radical (unpaired) electrons. The molecule has 3 nitrogen and oxygen atoms in total. The minimum Gasteiger partial charge on any atom is -0.481 e. The van der Waals surface area contributed by atoms with E-state index in [4.69, 9.17) is 0 Å². The molecule has 1 aliphatic heterocycles. The molecule has 156 valence electrons. The molecule has 1 fully saturated rings. The second kappa shape index (κ2) is 10.4. The Labute approximate surface area is 182 Å². The van der Waals surface area contributed by atoms with Crippen LogP contribution in [-0.4, -0.2) is 24.2 Å². The van der Waals surface area contributed by atoms with Crippen molar-refractivity contribution in [2.24, 2.45) is 11.3 Å². The number of hydrogen-bond donors (Lipinski definition) is 2. The van der Waals surface area contributed by atoms with Gasteiger partial charge in [0.1, 0.15) is 0 Å². The first kappa shape index (κ1) is 22.0. The van der Waals surface area contributed by atoms with Gasteiger partial charge < -0.3 is 10.4 Å². The summed E-state index contributed by atoms with van der Waals surface area (Å²) in [7, 11) is 0. The minimum atomic E-state index is -0.659. The molecule has 29 heavy (non-hydrogen) atoms. The Morgan fingerprint density at radius 2 is 1.66 bits per heavy atom. The molecule has 1 atom stereocenters. The zero-order valence-corrected chi connectivity index (χ0v) is 19.0. The van der Waals surface area contributed by atoms with Crippen molar-refractivity contribution in [3.8, 4) is 0 Å². The van der Waals surface area contributed by atoms with Gasteiger partial charge in [-0.05, 0) is 104 Å². The lowest BCUT2D eigenvalue weighted by atomic mass is 9.65. The lowest BCUT2D eigenvalue weighted by Gasteiger charge is -2.42. The lowest BCUT2D eigenvalue weighted by molar-refractivity contribution is -0.148. The highest BCUT2D eigenvalue weighted by atomic mass is 32.1. The zero-order chi connectivity index (χ0) is 20.7. The molecule has 0 aromatic carbocycles. The molecule has 2 aromatic rings. The van der Waals surface area contributed by atoms with E-state index in [0.29, 0.717) is 6.54 Å². The average Bonchev–Trinajstić information content (AvgIpc) is 3.30. The maximum absolute atomic E-state index is 12.0. The summed E-state index contributed by atoms with van der Waals surface area (Å²) in [6, 6.07) is 4.28. The molecule has 1 aliphatic rings. The third-order valence-electron chi connectivity index (χ3n) is 6.15. The summed E-state index contributed by atoms with van der Waals surface area (Å²) in [5, 5.41) is 17.4. The first-order chi connectivity index (χ1) is 14.0. The van der Waals surface area contributed by atoms with E-state index in [1.807, 2.05) is 0 Å². The molecule has 1 saturated heterocycles. The molecule has 5 heteroatoms. The summed E-state index contributed by atoms with van der Waals surface area (Å²) in [5.41, 5.74) is 2.47. The molecule has 0 saturated carbocycles. The number of carboxylic acids is 1. The van der Waals surface area contributed by atoms with E-state index >= 15 is 0 Å². The van der Waals surface area contributed by atoms with Crippen molar-refractivity contribution in [2.45, 2.75) is 46.0 Å². The fourth-order valence-electron chi connectivity index (χ4n) is 4.28. The van der Waals surface area contributed by atoms with Crippen LogP contribution in [0.5, 0.6) is 0 Å². The number of aliphatic carboxylic acids is 1. The number of carbonyl (C=O) groups is 1. The topological polar surface area (TPSA) is 49.3 Å². The number of rotatable bonds is 9. The minimum absolute atomic E-state index is 0.138. The molecule has 0 aliphatic carbocycles. The Hall–Kier alpha value is -1.69. The van der Waals surface area contributed by atoms with E-state index in [1.165, 1.54) is 20.9 Å². The summed E-state index contributed by atoms with van der Waals surface area (Å²) in [5.74, 6) is -0.974. The SMILES string of the molecule is Cc1ccsc1C=CCCC1(CCC=Cc2sccc2C)CCNCC1C(=O)O. The van der Waals surface area contributed by atoms with Crippen molar-refractivity contribution in [3.05, 3.63) is 55.9 Å². The van der Waals surface area contributed by atoms with Crippen molar-refractivity contribution < 1.29 is 9.90 Å². The molecule has 0 bridgehead atoms. The largest absolute Gasteiger partial charge is 0.481 e. The molecular weight excluding hydrogens is 398 g/mol. The van der Waals surface area contributed by atoms with Gasteiger partial charge in [-0.2, -0.15) is 0 Å². The number of hydrogen-bond acceptors (Lipinski definition) is 4. The molecule has 3 heterocycles. The summed E-state index contributed by atoms with van der Waals surface area (Å²) in [4.78, 5) is 14.6. The van der Waals surface area contributed by atoms with Crippen molar-refractivity contribution in [1.82, 2.24) is 5.32 Å². The van der Waals surface area contributed by atoms with Crippen LogP contribution >= 0.6 is 22.7 Å². The number of thiophene rings is 2. The maximum atomic E-state index is 12.0. The number of nitrogens with one attached hydrogen (secondary N) is 1. The third kappa shape index (κ3) is 5.68. The summed E-state index contributed by atoms with van der Waals surface area (Å²) in [6.07, 6.45) is 13.5. The maximum Gasteiger partial charge on any atom is 0.308 e. The van der Waals surface area contributed by atoms with Gasteiger partial charge in [0, 0.05) is 16.3 Å². The Morgan fingerprint density at radius 3 is 2.10 bits per heavy atom. The molecule has 0 amide bonds. The average molecular weight is 430 g/mol. The quantitative estimate of drug-likeness (QED) is 0.485. The second-order valence-corrected chi connectivity index (χ2v) is 9.92. The van der Waals surface area contributed by atoms with Gasteiger partial charge in [0.25, 0.3) is 0 Å². The fraction of sp³-hybridized carbons (Fsp3) is 0.458. The van der Waals surface area contributed by atoms with Gasteiger partial charge in [0.15, 0.2) is 0 Å². The van der Waals surface area contributed by atoms with Gasteiger partial charge in [0.05, 0.1) is 5.92 Å². The van der Waals surface area contributed by atoms with Crippen LogP contribution in [-0.2, 0) is 4.79 Å². The number of piperidine rings is 1. The fourth-order valence-corrected chi connectivity index (χ4v) is 5.97. The lowest BCUT2D eigenvalue weighted by Crippen LogP contribution is -2.48. The smallest absolute Gasteiger partial charge is 0.308 e. The van der Waals surface area contributed by atoms with Crippen LogP contribution < -0.4 is 5.32 Å². The first-order valence-electron chi connectivity index (χ1n) is 10.4. The van der Waals surface area contributed by atoms with Crippen molar-refractivity contribution >= 4 is 40.8 Å². The second-order valence-electron chi connectivity index (χ2n) is 8.03. The third-order valence-corrected chi connectivity index (χ3v) is 8.11. The van der Waals surface area contributed by atoms with Crippen LogP contribution in [0.4, 0.5) is 0 Å². The molecule has 1 unspecified atom stereocenters. The first-order valence-corrected chi connectivity index (χ1v) is 12.1. The van der Waals surface area contributed by atoms with Crippen LogP contribution in [0.25, 0.3) is 12.2 Å². The van der Waals surface area contributed by atoms with Crippen molar-refractivity contribution in [3.63, 3.8) is 0 Å². The van der Waals surface area contributed by atoms with Gasteiger partial charge in [-0.25, -0.2) is 0 Å². The van der Waals surface area contributed by atoms with Gasteiger partial charge in [-0.3, -0.25) is 4.79 Å². The van der Waals surface area contributed by atoms with Crippen LogP contribution in [0.1, 0.15) is 53.0 Å². The monoisotopic (exact) mass is 429 g/mol. The Balaban J connectivity index is 1.67. The highest BCUT2D eigenvalue weighted by Gasteiger charge is 2.43. The summed E-state index contributed by atoms with van der Waals surface area (Å²) < 4.78 is 0. The Kier molecular flexibility index (Phi) is 7.87.